The normalized spacial score (nSPS) is 17.1. The second kappa shape index (κ2) is 13.6. The molecular formula is C33H36N4O6S2. The highest BCUT2D eigenvalue weighted by atomic mass is 32.2. The van der Waals surface area contributed by atoms with E-state index in [1.54, 1.807) is 45.6 Å². The van der Waals surface area contributed by atoms with Gasteiger partial charge in [0.15, 0.2) is 11.5 Å². The summed E-state index contributed by atoms with van der Waals surface area (Å²) >= 11 is 1.45. The van der Waals surface area contributed by atoms with Crippen LogP contribution in [0, 0.1) is 0 Å². The number of benzene rings is 3. The maximum absolute atomic E-state index is 13.2. The van der Waals surface area contributed by atoms with E-state index < -0.39 is 10.0 Å². The Labute approximate surface area is 267 Å². The maximum Gasteiger partial charge on any atom is 0.243 e. The first-order valence-corrected chi connectivity index (χ1v) is 17.1. The van der Waals surface area contributed by atoms with Crippen LogP contribution in [0.4, 0.5) is 5.69 Å². The number of hydrogen-bond acceptors (Lipinski definition) is 9. The number of hydrogen-bond donors (Lipinski definition) is 0. The summed E-state index contributed by atoms with van der Waals surface area (Å²) in [5.41, 5.74) is 5.66. The molecule has 45 heavy (non-hydrogen) atoms. The third kappa shape index (κ3) is 6.41. The lowest BCUT2D eigenvalue weighted by Crippen LogP contribution is -2.40. The van der Waals surface area contributed by atoms with Crippen molar-refractivity contribution in [3.8, 4) is 28.5 Å². The molecule has 0 amide bonds. The van der Waals surface area contributed by atoms with Gasteiger partial charge in [0.2, 0.25) is 20.6 Å². The van der Waals surface area contributed by atoms with Gasteiger partial charge in [-0.15, -0.1) is 11.3 Å². The Bertz CT molecular complexity index is 1850. The first-order chi connectivity index (χ1) is 21.9. The van der Waals surface area contributed by atoms with Crippen molar-refractivity contribution in [3.05, 3.63) is 82.0 Å². The van der Waals surface area contributed by atoms with Gasteiger partial charge in [-0.1, -0.05) is 24.3 Å². The summed E-state index contributed by atoms with van der Waals surface area (Å²) in [4.78, 5) is 5.81. The topological polar surface area (TPSA) is 104 Å². The average Bonchev–Trinajstić information content (AvgIpc) is 3.35. The molecule has 0 atom stereocenters. The smallest absolute Gasteiger partial charge is 0.243 e. The fourth-order valence-corrected chi connectivity index (χ4v) is 7.89. The first kappa shape index (κ1) is 31.0. The van der Waals surface area contributed by atoms with Crippen molar-refractivity contribution in [2.75, 3.05) is 47.6 Å². The van der Waals surface area contributed by atoms with Crippen LogP contribution in [0.15, 0.2) is 81.0 Å². The molecule has 3 aromatic carbocycles. The fraction of sp³-hybridized carbons (Fsp3) is 0.333. The minimum atomic E-state index is -3.61. The van der Waals surface area contributed by atoms with Crippen molar-refractivity contribution in [2.45, 2.75) is 30.6 Å². The van der Waals surface area contributed by atoms with E-state index in [1.165, 1.54) is 21.2 Å². The summed E-state index contributed by atoms with van der Waals surface area (Å²) in [6, 6.07) is 18.9. The van der Waals surface area contributed by atoms with Gasteiger partial charge in [0, 0.05) is 29.6 Å². The molecule has 236 valence electrons. The lowest BCUT2D eigenvalue weighted by molar-refractivity contribution is 0.0730. The molecule has 1 aliphatic carbocycles. The minimum Gasteiger partial charge on any atom is -0.493 e. The average molecular weight is 649 g/mol. The van der Waals surface area contributed by atoms with Crippen molar-refractivity contribution in [1.82, 2.24) is 8.98 Å². The summed E-state index contributed by atoms with van der Waals surface area (Å²) in [6.07, 6.45) is 3.98. The summed E-state index contributed by atoms with van der Waals surface area (Å²) < 4.78 is 51.8. The van der Waals surface area contributed by atoms with Gasteiger partial charge in [-0.05, 0) is 67.6 Å². The Hall–Kier alpha value is -3.97. The predicted octanol–water partition coefficient (Wildman–Crippen LogP) is 5.47. The lowest BCUT2D eigenvalue weighted by atomic mass is 10.0. The molecule has 10 nitrogen and oxygen atoms in total. The molecule has 0 spiro atoms. The van der Waals surface area contributed by atoms with E-state index in [2.05, 4.69) is 24.3 Å². The molecule has 0 unspecified atom stereocenters. The van der Waals surface area contributed by atoms with Gasteiger partial charge in [-0.3, -0.25) is 0 Å². The number of rotatable bonds is 8. The van der Waals surface area contributed by atoms with E-state index in [-0.39, 0.29) is 4.90 Å². The zero-order chi connectivity index (χ0) is 31.4. The zero-order valence-corrected chi connectivity index (χ0v) is 27.2. The highest BCUT2D eigenvalue weighted by Crippen LogP contribution is 2.41. The van der Waals surface area contributed by atoms with Crippen LogP contribution < -0.4 is 19.0 Å². The fourth-order valence-electron chi connectivity index (χ4n) is 5.63. The molecule has 1 aliphatic heterocycles. The third-order valence-electron chi connectivity index (χ3n) is 7.97. The molecule has 0 N–H and O–H groups in total. The molecule has 12 heteroatoms. The number of methoxy groups -OCH3 is 3. The number of ether oxygens (including phenoxy) is 4. The Morgan fingerprint density at radius 1 is 0.867 bits per heavy atom. The van der Waals surface area contributed by atoms with Crippen LogP contribution in [0.2, 0.25) is 0 Å². The van der Waals surface area contributed by atoms with Gasteiger partial charge >= 0.3 is 0 Å². The van der Waals surface area contributed by atoms with E-state index in [1.807, 2.05) is 22.2 Å². The van der Waals surface area contributed by atoms with Crippen molar-refractivity contribution < 1.29 is 27.4 Å². The number of fused-ring (bicyclic) bond motifs is 1. The minimum absolute atomic E-state index is 0.232. The molecular weight excluding hydrogens is 613 g/mol. The maximum atomic E-state index is 13.2. The molecule has 1 aromatic heterocycles. The van der Waals surface area contributed by atoms with E-state index >= 15 is 0 Å². The number of thiazole rings is 1. The molecule has 0 saturated carbocycles. The van der Waals surface area contributed by atoms with Crippen molar-refractivity contribution >= 4 is 32.8 Å². The molecule has 1 fully saturated rings. The number of nitrogens with zero attached hydrogens (tertiary/aromatic N) is 4. The number of aryl methyl sites for hydroxylation is 1. The molecule has 2 heterocycles. The van der Waals surface area contributed by atoms with Crippen molar-refractivity contribution in [1.29, 1.82) is 0 Å². The summed E-state index contributed by atoms with van der Waals surface area (Å²) in [7, 11) is 1.15. The molecule has 0 radical (unpaired) electrons. The van der Waals surface area contributed by atoms with E-state index in [9.17, 15) is 8.42 Å². The summed E-state index contributed by atoms with van der Waals surface area (Å²) in [5, 5.41) is 7.25. The third-order valence-corrected chi connectivity index (χ3v) is 10.7. The zero-order valence-electron chi connectivity index (χ0n) is 25.6. The first-order valence-electron chi connectivity index (χ1n) is 14.8. The van der Waals surface area contributed by atoms with Gasteiger partial charge in [-0.25, -0.2) is 18.1 Å². The number of sulfonamides is 1. The molecule has 1 saturated heterocycles. The largest absolute Gasteiger partial charge is 0.493 e. The number of aromatic nitrogens is 1. The Morgan fingerprint density at radius 3 is 2.24 bits per heavy atom. The van der Waals surface area contributed by atoms with E-state index in [0.717, 1.165) is 48.2 Å². The van der Waals surface area contributed by atoms with E-state index in [4.69, 9.17) is 29.0 Å². The van der Waals surface area contributed by atoms with Crippen molar-refractivity contribution in [3.63, 3.8) is 0 Å². The Morgan fingerprint density at radius 2 is 1.56 bits per heavy atom. The van der Waals surface area contributed by atoms with Gasteiger partial charge in [0.1, 0.15) is 0 Å². The Balaban J connectivity index is 1.48. The SMILES string of the molecule is COc1cc(-c2csc(=Nc3ccc(S(=O)(=O)N4CCOCC4)cc3)n2N=C2CCCCc3ccccc32)cc(OC)c1OC. The predicted molar refractivity (Wildman–Crippen MR) is 175 cm³/mol. The van der Waals surface area contributed by atoms with Crippen LogP contribution in [-0.2, 0) is 21.2 Å². The van der Waals surface area contributed by atoms with Crippen LogP contribution in [-0.4, -0.2) is 70.7 Å². The Kier molecular flexibility index (Phi) is 9.36. The van der Waals surface area contributed by atoms with Crippen molar-refractivity contribution in [2.24, 2.45) is 10.1 Å². The highest BCUT2D eigenvalue weighted by Gasteiger charge is 2.26. The number of morpholine rings is 1. The molecule has 6 rings (SSSR count). The quantitative estimate of drug-likeness (QED) is 0.235. The van der Waals surface area contributed by atoms with Crippen LogP contribution in [0.3, 0.4) is 0 Å². The van der Waals surface area contributed by atoms with Gasteiger partial charge in [-0.2, -0.15) is 9.41 Å². The van der Waals surface area contributed by atoms with E-state index in [0.29, 0.717) is 54.0 Å². The van der Waals surface area contributed by atoms with Gasteiger partial charge in [0.05, 0.1) is 56.5 Å². The second-order valence-corrected chi connectivity index (χ2v) is 13.4. The highest BCUT2D eigenvalue weighted by molar-refractivity contribution is 7.89. The van der Waals surface area contributed by atoms with Crippen LogP contribution in [0.25, 0.3) is 11.3 Å². The lowest BCUT2D eigenvalue weighted by Gasteiger charge is -2.26. The molecule has 4 aromatic rings. The standard InChI is InChI=1S/C33H36N4O6S2/c1-40-30-20-24(21-31(41-2)32(30)42-3)29-22-44-33(37(29)35-28-11-7-5-9-23-8-4-6-10-27(23)28)34-25-12-14-26(15-13-25)45(38,39)36-16-18-43-19-17-36/h4,6,8,10,12-15,20-22H,5,7,9,11,16-19H2,1-3H3. The van der Waals surface area contributed by atoms with Gasteiger partial charge < -0.3 is 18.9 Å². The summed E-state index contributed by atoms with van der Waals surface area (Å²) in [5.74, 6) is 1.58. The molecule has 2 aliphatic rings. The monoisotopic (exact) mass is 648 g/mol. The van der Waals surface area contributed by atoms with Gasteiger partial charge in [0.25, 0.3) is 0 Å². The van der Waals surface area contributed by atoms with Crippen LogP contribution in [0.5, 0.6) is 17.2 Å². The van der Waals surface area contributed by atoms with Crippen LogP contribution in [0.1, 0.15) is 30.4 Å². The second-order valence-electron chi connectivity index (χ2n) is 10.7. The van der Waals surface area contributed by atoms with Crippen LogP contribution >= 0.6 is 11.3 Å². The summed E-state index contributed by atoms with van der Waals surface area (Å²) in [6.45, 7) is 1.48. The molecule has 0 bridgehead atoms.